The smallest absolute Gasteiger partial charge is 0.267 e. The lowest BCUT2D eigenvalue weighted by Gasteiger charge is -2.32. The van der Waals surface area contributed by atoms with Crippen LogP contribution in [0.5, 0.6) is 11.5 Å². The number of methoxy groups -OCH3 is 2. The first-order valence-electron chi connectivity index (χ1n) is 9.83. The molecule has 158 valence electrons. The number of hydrogen-bond acceptors (Lipinski definition) is 6. The monoisotopic (exact) mass is 428 g/mol. The lowest BCUT2D eigenvalue weighted by Crippen LogP contribution is -2.39. The summed E-state index contributed by atoms with van der Waals surface area (Å²) in [6.45, 7) is 1.14. The maximum Gasteiger partial charge on any atom is 0.267 e. The van der Waals surface area contributed by atoms with E-state index in [0.717, 1.165) is 19.3 Å². The molecule has 0 unspecified atom stereocenters. The van der Waals surface area contributed by atoms with Crippen LogP contribution in [0.4, 0.5) is 11.4 Å². The number of para-hydroxylation sites is 1. The second-order valence-electron chi connectivity index (χ2n) is 7.26. The Morgan fingerprint density at radius 2 is 1.57 bits per heavy atom. The van der Waals surface area contributed by atoms with E-state index in [9.17, 15) is 13.2 Å². The van der Waals surface area contributed by atoms with E-state index < -0.39 is 15.7 Å². The second kappa shape index (κ2) is 8.02. The highest BCUT2D eigenvalue weighted by Gasteiger charge is 2.38. The van der Waals surface area contributed by atoms with Crippen molar-refractivity contribution < 1.29 is 22.7 Å². The number of likely N-dealkylation sites (tertiary alicyclic amines) is 1. The molecule has 0 radical (unpaired) electrons. The largest absolute Gasteiger partial charge is 0.497 e. The van der Waals surface area contributed by atoms with Crippen molar-refractivity contribution in [1.29, 1.82) is 0 Å². The molecule has 0 spiro atoms. The van der Waals surface area contributed by atoms with Gasteiger partial charge in [-0.05, 0) is 31.4 Å². The van der Waals surface area contributed by atoms with Crippen molar-refractivity contribution in [2.24, 2.45) is 0 Å². The third kappa shape index (κ3) is 3.52. The number of nitrogens with zero attached hydrogens (tertiary/aromatic N) is 2. The number of piperidine rings is 1. The minimum absolute atomic E-state index is 0.106. The van der Waals surface area contributed by atoms with Gasteiger partial charge in [0.15, 0.2) is 4.91 Å². The normalized spacial score (nSPS) is 17.7. The number of hydrogen-bond donors (Lipinski definition) is 0. The van der Waals surface area contributed by atoms with Gasteiger partial charge in [0.2, 0.25) is 9.84 Å². The average Bonchev–Trinajstić information content (AvgIpc) is 2.79. The zero-order valence-corrected chi connectivity index (χ0v) is 17.8. The summed E-state index contributed by atoms with van der Waals surface area (Å²) in [5.74, 6) is 0.671. The Morgan fingerprint density at radius 3 is 2.20 bits per heavy atom. The van der Waals surface area contributed by atoms with Gasteiger partial charge in [0, 0.05) is 37.5 Å². The summed E-state index contributed by atoms with van der Waals surface area (Å²) in [5.41, 5.74) is 1.11. The molecule has 2 aliphatic heterocycles. The maximum atomic E-state index is 13.3. The Bertz CT molecular complexity index is 1080. The minimum atomic E-state index is -3.94. The average molecular weight is 429 g/mol. The van der Waals surface area contributed by atoms with Crippen LogP contribution in [0.15, 0.2) is 58.5 Å². The fraction of sp³-hybridized carbons (Fsp3) is 0.318. The second-order valence-corrected chi connectivity index (χ2v) is 9.14. The molecule has 2 aromatic carbocycles. The Hall–Kier alpha value is -3.00. The predicted octanol–water partition coefficient (Wildman–Crippen LogP) is 3.48. The fourth-order valence-corrected chi connectivity index (χ4v) is 5.37. The van der Waals surface area contributed by atoms with Gasteiger partial charge in [0.25, 0.3) is 5.91 Å². The molecule has 0 aromatic heterocycles. The van der Waals surface area contributed by atoms with Crippen molar-refractivity contribution in [1.82, 2.24) is 4.90 Å². The first-order valence-corrected chi connectivity index (χ1v) is 11.3. The number of carbonyl (C=O) groups excluding carboxylic acids is 1. The van der Waals surface area contributed by atoms with Crippen LogP contribution in [0, 0.1) is 0 Å². The van der Waals surface area contributed by atoms with Gasteiger partial charge in [-0.2, -0.15) is 0 Å². The molecule has 0 bridgehead atoms. The number of fused-ring (bicyclic) bond motifs is 1. The van der Waals surface area contributed by atoms with Gasteiger partial charge in [0.1, 0.15) is 11.5 Å². The summed E-state index contributed by atoms with van der Waals surface area (Å²) >= 11 is 0. The molecule has 1 amide bonds. The van der Waals surface area contributed by atoms with E-state index in [1.165, 1.54) is 12.3 Å². The fourth-order valence-electron chi connectivity index (χ4n) is 3.83. The number of sulfone groups is 1. The van der Waals surface area contributed by atoms with Crippen LogP contribution in [-0.2, 0) is 14.6 Å². The Balaban J connectivity index is 1.87. The van der Waals surface area contributed by atoms with Crippen molar-refractivity contribution in [3.8, 4) is 11.5 Å². The summed E-state index contributed by atoms with van der Waals surface area (Å²) < 4.78 is 37.4. The number of carbonyl (C=O) groups is 1. The van der Waals surface area contributed by atoms with E-state index in [1.54, 1.807) is 60.4 Å². The van der Waals surface area contributed by atoms with Gasteiger partial charge in [-0.1, -0.05) is 12.1 Å². The molecule has 2 aliphatic rings. The highest BCUT2D eigenvalue weighted by Crippen LogP contribution is 2.42. The highest BCUT2D eigenvalue weighted by molar-refractivity contribution is 7.96. The van der Waals surface area contributed by atoms with Crippen molar-refractivity contribution in [2.45, 2.75) is 24.2 Å². The summed E-state index contributed by atoms with van der Waals surface area (Å²) in [4.78, 5) is 16.4. The molecule has 0 N–H and O–H groups in total. The number of benzene rings is 2. The van der Waals surface area contributed by atoms with Gasteiger partial charge in [-0.3, -0.25) is 4.79 Å². The number of anilines is 2. The van der Waals surface area contributed by atoms with Crippen LogP contribution in [-0.4, -0.2) is 46.5 Å². The van der Waals surface area contributed by atoms with Crippen molar-refractivity contribution in [3.63, 3.8) is 0 Å². The molecule has 2 heterocycles. The molecule has 0 aliphatic carbocycles. The Kier molecular flexibility index (Phi) is 5.42. The van der Waals surface area contributed by atoms with Crippen LogP contribution >= 0.6 is 0 Å². The van der Waals surface area contributed by atoms with Crippen LogP contribution in [0.1, 0.15) is 19.3 Å². The predicted molar refractivity (Wildman–Crippen MR) is 114 cm³/mol. The Morgan fingerprint density at radius 1 is 0.933 bits per heavy atom. The minimum Gasteiger partial charge on any atom is -0.497 e. The van der Waals surface area contributed by atoms with Gasteiger partial charge < -0.3 is 19.3 Å². The zero-order valence-electron chi connectivity index (χ0n) is 17.0. The van der Waals surface area contributed by atoms with Crippen LogP contribution in [0.25, 0.3) is 0 Å². The SMILES string of the molecule is COc1cc(OC)cc(N2C=C(C(=O)N3CCCCC3)S(=O)(=O)c3ccccc32)c1. The van der Waals surface area contributed by atoms with Gasteiger partial charge >= 0.3 is 0 Å². The molecule has 8 heteroatoms. The van der Waals surface area contributed by atoms with Gasteiger partial charge in [-0.15, -0.1) is 0 Å². The number of rotatable bonds is 4. The maximum absolute atomic E-state index is 13.3. The molecule has 1 fully saturated rings. The van der Waals surface area contributed by atoms with E-state index in [2.05, 4.69) is 0 Å². The summed E-state index contributed by atoms with van der Waals surface area (Å²) in [5, 5.41) is 0. The lowest BCUT2D eigenvalue weighted by atomic mass is 10.1. The van der Waals surface area contributed by atoms with Crippen molar-refractivity contribution in [3.05, 3.63) is 53.6 Å². The molecular formula is C22H24N2O5S. The number of amides is 1. The first kappa shape index (κ1) is 20.3. The van der Waals surface area contributed by atoms with E-state index in [1.807, 2.05) is 0 Å². The standard InChI is InChI=1S/C22H24N2O5S/c1-28-17-12-16(13-18(14-17)29-2)24-15-21(22(25)23-10-6-3-7-11-23)30(26,27)20-9-5-4-8-19(20)24/h4-5,8-9,12-15H,3,6-7,10-11H2,1-2H3. The summed E-state index contributed by atoms with van der Waals surface area (Å²) in [7, 11) is -0.838. The quantitative estimate of drug-likeness (QED) is 0.742. The zero-order chi connectivity index (χ0) is 21.3. The molecule has 30 heavy (non-hydrogen) atoms. The number of ether oxygens (including phenoxy) is 2. The third-order valence-corrected chi connectivity index (χ3v) is 7.20. The molecule has 0 atom stereocenters. The van der Waals surface area contributed by atoms with E-state index in [0.29, 0.717) is 36.0 Å². The van der Waals surface area contributed by atoms with Crippen molar-refractivity contribution >= 4 is 27.1 Å². The Labute approximate surface area is 176 Å². The molecule has 1 saturated heterocycles. The molecular weight excluding hydrogens is 404 g/mol. The lowest BCUT2D eigenvalue weighted by molar-refractivity contribution is -0.127. The summed E-state index contributed by atoms with van der Waals surface area (Å²) in [6, 6.07) is 12.0. The van der Waals surface area contributed by atoms with Gasteiger partial charge in [0.05, 0.1) is 30.5 Å². The molecule has 7 nitrogen and oxygen atoms in total. The third-order valence-electron chi connectivity index (χ3n) is 5.42. The molecule has 0 saturated carbocycles. The topological polar surface area (TPSA) is 76.2 Å². The van der Waals surface area contributed by atoms with Crippen LogP contribution < -0.4 is 14.4 Å². The highest BCUT2D eigenvalue weighted by atomic mass is 32.2. The van der Waals surface area contributed by atoms with E-state index in [4.69, 9.17) is 9.47 Å². The van der Waals surface area contributed by atoms with E-state index >= 15 is 0 Å². The van der Waals surface area contributed by atoms with E-state index in [-0.39, 0.29) is 9.80 Å². The van der Waals surface area contributed by atoms with Crippen LogP contribution in [0.3, 0.4) is 0 Å². The summed E-state index contributed by atoms with van der Waals surface area (Å²) in [6.07, 6.45) is 4.23. The van der Waals surface area contributed by atoms with Crippen molar-refractivity contribution in [2.75, 3.05) is 32.2 Å². The van der Waals surface area contributed by atoms with Gasteiger partial charge in [-0.25, -0.2) is 8.42 Å². The first-order chi connectivity index (χ1) is 14.5. The van der Waals surface area contributed by atoms with Crippen LogP contribution in [0.2, 0.25) is 0 Å². The molecule has 2 aromatic rings. The molecule has 4 rings (SSSR count).